The number of carbonyl (C=O) groups is 1. The molecule has 9 heteroatoms. The minimum Gasteiger partial charge on any atom is -0.345 e. The van der Waals surface area contributed by atoms with Gasteiger partial charge < -0.3 is 14.4 Å². The van der Waals surface area contributed by atoms with Crippen molar-refractivity contribution in [2.75, 3.05) is 31.1 Å². The predicted octanol–water partition coefficient (Wildman–Crippen LogP) is 1.72. The maximum atomic E-state index is 13.1. The maximum absolute atomic E-state index is 13.1. The Balaban J connectivity index is 1.52. The Bertz CT molecular complexity index is 1050. The zero-order valence-corrected chi connectivity index (χ0v) is 17.2. The average molecular weight is 411 g/mol. The van der Waals surface area contributed by atoms with E-state index in [0.29, 0.717) is 37.4 Å². The van der Waals surface area contributed by atoms with Crippen LogP contribution in [0.5, 0.6) is 0 Å². The lowest BCUT2D eigenvalue weighted by atomic mass is 10.1. The molecule has 0 bridgehead atoms. The fraction of sp³-hybridized carbons (Fsp3) is 0.350. The minimum atomic E-state index is -0.292. The SMILES string of the molecule is Cc1cnc(Cn2ccc(C)c(C(=O)N3CCN(c4nccs4)CC3)c2=O)cn1. The van der Waals surface area contributed by atoms with Crippen molar-refractivity contribution >= 4 is 22.4 Å². The van der Waals surface area contributed by atoms with Crippen molar-refractivity contribution in [3.8, 4) is 0 Å². The van der Waals surface area contributed by atoms with Gasteiger partial charge in [0.05, 0.1) is 24.1 Å². The summed E-state index contributed by atoms with van der Waals surface area (Å²) in [5.74, 6) is -0.212. The number of amides is 1. The Morgan fingerprint density at radius 3 is 2.55 bits per heavy atom. The van der Waals surface area contributed by atoms with Gasteiger partial charge in [-0.25, -0.2) is 4.98 Å². The summed E-state index contributed by atoms with van der Waals surface area (Å²) in [5, 5.41) is 2.91. The second-order valence-electron chi connectivity index (χ2n) is 7.05. The van der Waals surface area contributed by atoms with Crippen molar-refractivity contribution in [3.05, 3.63) is 69.1 Å². The lowest BCUT2D eigenvalue weighted by Crippen LogP contribution is -2.50. The molecule has 29 heavy (non-hydrogen) atoms. The average Bonchev–Trinajstić information content (AvgIpc) is 3.27. The molecule has 8 nitrogen and oxygen atoms in total. The van der Waals surface area contributed by atoms with Crippen LogP contribution in [0.4, 0.5) is 5.13 Å². The molecule has 0 radical (unpaired) electrons. The summed E-state index contributed by atoms with van der Waals surface area (Å²) in [6.45, 7) is 6.49. The molecular formula is C20H22N6O2S. The van der Waals surface area contributed by atoms with E-state index in [4.69, 9.17) is 0 Å². The van der Waals surface area contributed by atoms with E-state index >= 15 is 0 Å². The molecule has 3 aromatic heterocycles. The van der Waals surface area contributed by atoms with Gasteiger partial charge in [0.2, 0.25) is 0 Å². The van der Waals surface area contributed by atoms with Gasteiger partial charge in [-0.2, -0.15) is 0 Å². The molecular weight excluding hydrogens is 388 g/mol. The highest BCUT2D eigenvalue weighted by molar-refractivity contribution is 7.13. The van der Waals surface area contributed by atoms with Crippen LogP contribution in [0.1, 0.15) is 27.3 Å². The fourth-order valence-electron chi connectivity index (χ4n) is 3.36. The lowest BCUT2D eigenvalue weighted by molar-refractivity contribution is 0.0743. The first-order valence-electron chi connectivity index (χ1n) is 9.44. The van der Waals surface area contributed by atoms with Crippen molar-refractivity contribution < 1.29 is 4.79 Å². The molecule has 150 valence electrons. The molecule has 0 aliphatic carbocycles. The van der Waals surface area contributed by atoms with E-state index in [1.54, 1.807) is 47.9 Å². The molecule has 0 aromatic carbocycles. The number of piperazine rings is 1. The lowest BCUT2D eigenvalue weighted by Gasteiger charge is -2.34. The molecule has 1 amide bonds. The van der Waals surface area contributed by atoms with Gasteiger partial charge in [0.15, 0.2) is 5.13 Å². The summed E-state index contributed by atoms with van der Waals surface area (Å²) >= 11 is 1.59. The van der Waals surface area contributed by atoms with Gasteiger partial charge in [0.25, 0.3) is 11.5 Å². The normalized spacial score (nSPS) is 14.3. The number of aromatic nitrogens is 4. The van der Waals surface area contributed by atoms with Crippen molar-refractivity contribution in [2.45, 2.75) is 20.4 Å². The van der Waals surface area contributed by atoms with Crippen LogP contribution < -0.4 is 10.5 Å². The Labute approximate surface area is 172 Å². The van der Waals surface area contributed by atoms with Crippen molar-refractivity contribution in [2.24, 2.45) is 0 Å². The van der Waals surface area contributed by atoms with Gasteiger partial charge in [-0.3, -0.25) is 19.6 Å². The number of pyridine rings is 1. The number of aryl methyl sites for hydroxylation is 2. The van der Waals surface area contributed by atoms with Crippen LogP contribution in [0.3, 0.4) is 0 Å². The van der Waals surface area contributed by atoms with E-state index in [9.17, 15) is 9.59 Å². The number of carbonyl (C=O) groups excluding carboxylic acids is 1. The molecule has 3 aromatic rings. The van der Waals surface area contributed by atoms with Crippen molar-refractivity contribution in [1.82, 2.24) is 24.4 Å². The number of hydrogen-bond donors (Lipinski definition) is 0. The molecule has 0 unspecified atom stereocenters. The number of anilines is 1. The van der Waals surface area contributed by atoms with Crippen LogP contribution in [0.2, 0.25) is 0 Å². The van der Waals surface area contributed by atoms with Crippen LogP contribution in [-0.4, -0.2) is 56.5 Å². The van der Waals surface area contributed by atoms with Crippen LogP contribution in [0.25, 0.3) is 0 Å². The molecule has 4 heterocycles. The van der Waals surface area contributed by atoms with E-state index in [0.717, 1.165) is 10.8 Å². The van der Waals surface area contributed by atoms with Crippen LogP contribution >= 0.6 is 11.3 Å². The van der Waals surface area contributed by atoms with E-state index < -0.39 is 0 Å². The summed E-state index contributed by atoms with van der Waals surface area (Å²) in [6, 6.07) is 1.81. The number of thiazole rings is 1. The van der Waals surface area contributed by atoms with Crippen molar-refractivity contribution in [1.29, 1.82) is 0 Å². The minimum absolute atomic E-state index is 0.212. The number of nitrogens with zero attached hydrogens (tertiary/aromatic N) is 6. The molecule has 1 fully saturated rings. The monoisotopic (exact) mass is 410 g/mol. The highest BCUT2D eigenvalue weighted by Gasteiger charge is 2.26. The third-order valence-corrected chi connectivity index (χ3v) is 5.84. The van der Waals surface area contributed by atoms with Gasteiger partial charge in [0.1, 0.15) is 5.56 Å². The highest BCUT2D eigenvalue weighted by Crippen LogP contribution is 2.19. The second kappa shape index (κ2) is 8.12. The molecule has 1 aliphatic rings. The molecule has 0 saturated carbocycles. The zero-order valence-electron chi connectivity index (χ0n) is 16.4. The van der Waals surface area contributed by atoms with E-state index in [2.05, 4.69) is 19.9 Å². The summed E-state index contributed by atoms with van der Waals surface area (Å²) in [7, 11) is 0. The standard InChI is InChI=1S/C20H22N6O2S/c1-14-3-5-26(13-16-12-22-15(2)11-23-16)19(28)17(14)18(27)24-6-8-25(9-7-24)20-21-4-10-29-20/h3-5,10-12H,6-9,13H2,1-2H3. The van der Waals surface area contributed by atoms with Gasteiger partial charge >= 0.3 is 0 Å². The van der Waals surface area contributed by atoms with Crippen molar-refractivity contribution in [3.63, 3.8) is 0 Å². The van der Waals surface area contributed by atoms with Gasteiger partial charge in [-0.05, 0) is 25.5 Å². The summed E-state index contributed by atoms with van der Waals surface area (Å²) in [6.07, 6.45) is 6.81. The van der Waals surface area contributed by atoms with Crippen LogP contribution in [0, 0.1) is 13.8 Å². The zero-order chi connectivity index (χ0) is 20.4. The smallest absolute Gasteiger partial charge is 0.264 e. The Hall–Kier alpha value is -3.07. The topological polar surface area (TPSA) is 84.2 Å². The van der Waals surface area contributed by atoms with E-state index in [-0.39, 0.29) is 23.6 Å². The summed E-state index contributed by atoms with van der Waals surface area (Å²) < 4.78 is 1.52. The molecule has 1 saturated heterocycles. The Morgan fingerprint density at radius 2 is 1.90 bits per heavy atom. The Kier molecular flexibility index (Phi) is 5.39. The van der Waals surface area contributed by atoms with Crippen LogP contribution in [0.15, 0.2) is 41.0 Å². The molecule has 0 N–H and O–H groups in total. The Morgan fingerprint density at radius 1 is 1.10 bits per heavy atom. The number of hydrogen-bond acceptors (Lipinski definition) is 7. The van der Waals surface area contributed by atoms with E-state index in [1.807, 2.05) is 18.4 Å². The molecule has 4 rings (SSSR count). The maximum Gasteiger partial charge on any atom is 0.264 e. The third-order valence-electron chi connectivity index (χ3n) is 5.01. The van der Waals surface area contributed by atoms with Gasteiger partial charge in [0, 0.05) is 50.1 Å². The van der Waals surface area contributed by atoms with Gasteiger partial charge in [-0.1, -0.05) is 0 Å². The predicted molar refractivity (Wildman–Crippen MR) is 112 cm³/mol. The largest absolute Gasteiger partial charge is 0.345 e. The summed E-state index contributed by atoms with van der Waals surface area (Å²) in [5.41, 5.74) is 2.12. The molecule has 0 atom stereocenters. The van der Waals surface area contributed by atoms with Crippen LogP contribution in [-0.2, 0) is 6.54 Å². The first-order valence-corrected chi connectivity index (χ1v) is 10.3. The first-order chi connectivity index (χ1) is 14.0. The summed E-state index contributed by atoms with van der Waals surface area (Å²) in [4.78, 5) is 43.0. The molecule has 0 spiro atoms. The highest BCUT2D eigenvalue weighted by atomic mass is 32.1. The fourth-order valence-corrected chi connectivity index (χ4v) is 4.05. The first kappa shape index (κ1) is 19.3. The van der Waals surface area contributed by atoms with Gasteiger partial charge in [-0.15, -0.1) is 11.3 Å². The third kappa shape index (κ3) is 4.04. The quantitative estimate of drug-likeness (QED) is 0.651. The van der Waals surface area contributed by atoms with E-state index in [1.165, 1.54) is 4.57 Å². The second-order valence-corrected chi connectivity index (χ2v) is 7.92. The number of rotatable bonds is 4. The molecule has 1 aliphatic heterocycles.